The minimum absolute atomic E-state index is 0.0320. The fourth-order valence-corrected chi connectivity index (χ4v) is 1.95. The molecule has 0 aliphatic heterocycles. The second-order valence-corrected chi connectivity index (χ2v) is 6.08. The minimum atomic E-state index is -0.233. The van der Waals surface area contributed by atoms with E-state index in [1.54, 1.807) is 6.08 Å². The average molecular weight is 239 g/mol. The molecule has 1 fully saturated rings. The Balaban J connectivity index is 2.40. The number of amides is 1. The molecule has 3 nitrogen and oxygen atoms in total. The smallest absolute Gasteiger partial charge is 0.243 e. The van der Waals surface area contributed by atoms with Gasteiger partial charge in [-0.1, -0.05) is 32.8 Å². The third kappa shape index (κ3) is 4.50. The van der Waals surface area contributed by atoms with Crippen LogP contribution in [-0.2, 0) is 4.79 Å². The van der Waals surface area contributed by atoms with E-state index in [1.807, 2.05) is 6.92 Å². The molecule has 1 rings (SSSR count). The molecule has 2 N–H and O–H groups in total. The van der Waals surface area contributed by atoms with Gasteiger partial charge in [-0.25, -0.2) is 0 Å². The molecule has 0 spiro atoms. The van der Waals surface area contributed by atoms with Crippen molar-refractivity contribution in [3.63, 3.8) is 0 Å². The van der Waals surface area contributed by atoms with Crippen molar-refractivity contribution in [2.75, 3.05) is 6.54 Å². The van der Waals surface area contributed by atoms with Crippen molar-refractivity contribution < 1.29 is 9.90 Å². The van der Waals surface area contributed by atoms with Crippen LogP contribution in [0.2, 0.25) is 0 Å². The van der Waals surface area contributed by atoms with Crippen molar-refractivity contribution >= 4 is 5.91 Å². The first-order valence-corrected chi connectivity index (χ1v) is 6.45. The Hall–Kier alpha value is -0.830. The summed E-state index contributed by atoms with van der Waals surface area (Å²) in [5.41, 5.74) is 1.10. The van der Waals surface area contributed by atoms with Crippen LogP contribution in [0.4, 0.5) is 0 Å². The Kier molecular flexibility index (Phi) is 4.75. The Morgan fingerprint density at radius 3 is 2.53 bits per heavy atom. The number of carbonyl (C=O) groups is 1. The van der Waals surface area contributed by atoms with Gasteiger partial charge >= 0.3 is 0 Å². The van der Waals surface area contributed by atoms with Crippen molar-refractivity contribution in [3.05, 3.63) is 11.6 Å². The fourth-order valence-electron chi connectivity index (χ4n) is 1.95. The van der Waals surface area contributed by atoms with E-state index in [0.717, 1.165) is 24.8 Å². The zero-order valence-corrected chi connectivity index (χ0v) is 11.4. The van der Waals surface area contributed by atoms with Crippen molar-refractivity contribution in [1.29, 1.82) is 0 Å². The van der Waals surface area contributed by atoms with Crippen LogP contribution in [0.5, 0.6) is 0 Å². The van der Waals surface area contributed by atoms with Gasteiger partial charge in [0.05, 0.1) is 6.10 Å². The molecule has 98 valence electrons. The molecule has 2 atom stereocenters. The maximum absolute atomic E-state index is 11.7. The highest BCUT2D eigenvalue weighted by Crippen LogP contribution is 2.25. The van der Waals surface area contributed by atoms with Gasteiger partial charge in [-0.15, -0.1) is 0 Å². The monoisotopic (exact) mass is 239 g/mol. The number of hydrogen-bond donors (Lipinski definition) is 2. The summed E-state index contributed by atoms with van der Waals surface area (Å²) in [5, 5.41) is 12.5. The maximum atomic E-state index is 11.7. The van der Waals surface area contributed by atoms with Crippen LogP contribution in [-0.4, -0.2) is 23.7 Å². The third-order valence-electron chi connectivity index (χ3n) is 3.69. The van der Waals surface area contributed by atoms with Crippen molar-refractivity contribution in [2.24, 2.45) is 11.3 Å². The fraction of sp³-hybridized carbons (Fsp3) is 0.786. The molecule has 0 radical (unpaired) electrons. The van der Waals surface area contributed by atoms with E-state index in [1.165, 1.54) is 0 Å². The van der Waals surface area contributed by atoms with E-state index in [4.69, 9.17) is 0 Å². The van der Waals surface area contributed by atoms with E-state index in [-0.39, 0.29) is 23.3 Å². The minimum Gasteiger partial charge on any atom is -0.393 e. The first-order chi connectivity index (χ1) is 7.80. The Labute approximate surface area is 104 Å². The Morgan fingerprint density at radius 1 is 1.41 bits per heavy atom. The number of aliphatic hydroxyl groups excluding tert-OH is 1. The lowest BCUT2D eigenvalue weighted by atomic mass is 9.87. The normalized spacial score (nSPS) is 26.1. The molecule has 3 heteroatoms. The quantitative estimate of drug-likeness (QED) is 0.742. The summed E-state index contributed by atoms with van der Waals surface area (Å²) in [6.07, 6.45) is 4.39. The molecule has 0 saturated heterocycles. The van der Waals surface area contributed by atoms with E-state index in [9.17, 15) is 9.90 Å². The molecule has 2 unspecified atom stereocenters. The molecule has 0 aromatic heterocycles. The number of aliphatic hydroxyl groups is 1. The Morgan fingerprint density at radius 2 is 2.06 bits per heavy atom. The molecule has 17 heavy (non-hydrogen) atoms. The standard InChI is InChI=1S/C14H25NO2/c1-10(14(2,3)4)8-13(17)15-9-11-6-5-7-12(11)16/h8,11-12,16H,5-7,9H2,1-4H3,(H,15,17). The summed E-state index contributed by atoms with van der Waals surface area (Å²) >= 11 is 0. The van der Waals surface area contributed by atoms with E-state index in [2.05, 4.69) is 26.1 Å². The molecule has 0 aromatic carbocycles. The van der Waals surface area contributed by atoms with Crippen molar-refractivity contribution in [2.45, 2.75) is 53.1 Å². The van der Waals surface area contributed by atoms with Gasteiger partial charge in [-0.05, 0) is 25.2 Å². The van der Waals surface area contributed by atoms with Crippen LogP contribution in [0.25, 0.3) is 0 Å². The van der Waals surface area contributed by atoms with Gasteiger partial charge < -0.3 is 10.4 Å². The lowest BCUT2D eigenvalue weighted by Gasteiger charge is -2.19. The summed E-state index contributed by atoms with van der Waals surface area (Å²) in [7, 11) is 0. The van der Waals surface area contributed by atoms with Crippen LogP contribution < -0.4 is 5.32 Å². The lowest BCUT2D eigenvalue weighted by Crippen LogP contribution is -2.31. The molecular weight excluding hydrogens is 214 g/mol. The number of allylic oxidation sites excluding steroid dienone is 1. The van der Waals surface area contributed by atoms with Crippen molar-refractivity contribution in [1.82, 2.24) is 5.32 Å². The predicted molar refractivity (Wildman–Crippen MR) is 69.6 cm³/mol. The van der Waals surface area contributed by atoms with E-state index < -0.39 is 0 Å². The second kappa shape index (κ2) is 5.67. The largest absolute Gasteiger partial charge is 0.393 e. The molecule has 0 bridgehead atoms. The summed E-state index contributed by atoms with van der Waals surface area (Å²) < 4.78 is 0. The maximum Gasteiger partial charge on any atom is 0.243 e. The SMILES string of the molecule is CC(=CC(=O)NCC1CCCC1O)C(C)(C)C. The van der Waals surface area contributed by atoms with Gasteiger partial charge in [0.2, 0.25) is 5.91 Å². The molecule has 1 saturated carbocycles. The van der Waals surface area contributed by atoms with Gasteiger partial charge in [0.25, 0.3) is 0 Å². The molecular formula is C14H25NO2. The molecule has 0 aromatic rings. The molecule has 0 heterocycles. The predicted octanol–water partition coefficient (Wildman–Crippen LogP) is 2.26. The zero-order chi connectivity index (χ0) is 13.1. The molecule has 1 amide bonds. The lowest BCUT2D eigenvalue weighted by molar-refractivity contribution is -0.116. The van der Waals surface area contributed by atoms with Gasteiger partial charge in [0.1, 0.15) is 0 Å². The Bertz CT molecular complexity index is 302. The highest BCUT2D eigenvalue weighted by molar-refractivity contribution is 5.88. The van der Waals surface area contributed by atoms with Crippen LogP contribution >= 0.6 is 0 Å². The second-order valence-electron chi connectivity index (χ2n) is 6.08. The van der Waals surface area contributed by atoms with Crippen LogP contribution in [0.1, 0.15) is 47.0 Å². The third-order valence-corrected chi connectivity index (χ3v) is 3.69. The number of nitrogens with one attached hydrogen (secondary N) is 1. The highest BCUT2D eigenvalue weighted by atomic mass is 16.3. The van der Waals surface area contributed by atoms with Gasteiger partial charge in [0, 0.05) is 18.5 Å². The summed E-state index contributed by atoms with van der Waals surface area (Å²) in [6, 6.07) is 0. The van der Waals surface area contributed by atoms with Crippen molar-refractivity contribution in [3.8, 4) is 0 Å². The summed E-state index contributed by atoms with van der Waals surface area (Å²) in [6.45, 7) is 8.84. The van der Waals surface area contributed by atoms with E-state index in [0.29, 0.717) is 6.54 Å². The topological polar surface area (TPSA) is 49.3 Å². The number of hydrogen-bond acceptors (Lipinski definition) is 2. The summed E-state index contributed by atoms with van der Waals surface area (Å²) in [5.74, 6) is 0.193. The van der Waals surface area contributed by atoms with Crippen LogP contribution in [0, 0.1) is 11.3 Å². The van der Waals surface area contributed by atoms with Gasteiger partial charge in [-0.2, -0.15) is 0 Å². The van der Waals surface area contributed by atoms with Gasteiger partial charge in [0.15, 0.2) is 0 Å². The number of carbonyl (C=O) groups excluding carboxylic acids is 1. The molecule has 1 aliphatic rings. The summed E-state index contributed by atoms with van der Waals surface area (Å²) in [4.78, 5) is 11.7. The van der Waals surface area contributed by atoms with Crippen LogP contribution in [0.15, 0.2) is 11.6 Å². The average Bonchev–Trinajstić information content (AvgIpc) is 2.59. The first kappa shape index (κ1) is 14.2. The first-order valence-electron chi connectivity index (χ1n) is 6.45. The number of rotatable bonds is 3. The van der Waals surface area contributed by atoms with Crippen LogP contribution in [0.3, 0.4) is 0 Å². The highest BCUT2D eigenvalue weighted by Gasteiger charge is 2.25. The van der Waals surface area contributed by atoms with E-state index >= 15 is 0 Å². The molecule has 1 aliphatic carbocycles. The zero-order valence-electron chi connectivity index (χ0n) is 11.4. The van der Waals surface area contributed by atoms with Gasteiger partial charge in [-0.3, -0.25) is 4.79 Å².